The average molecular weight is 529 g/mol. The van der Waals surface area contributed by atoms with E-state index in [1.165, 1.54) is 6.07 Å². The second-order valence-corrected chi connectivity index (χ2v) is 7.61. The lowest BCUT2D eigenvalue weighted by Gasteiger charge is -2.11. The van der Waals surface area contributed by atoms with Gasteiger partial charge in [-0.3, -0.25) is 4.79 Å². The third kappa shape index (κ3) is 4.56. The van der Waals surface area contributed by atoms with Crippen LogP contribution >= 0.6 is 15.9 Å². The fourth-order valence-electron chi connectivity index (χ4n) is 3.06. The Morgan fingerprint density at radius 3 is 2.24 bits per heavy atom. The molecule has 33 heavy (non-hydrogen) atoms. The highest BCUT2D eigenvalue weighted by Crippen LogP contribution is 2.35. The van der Waals surface area contributed by atoms with Crippen molar-refractivity contribution in [2.24, 2.45) is 0 Å². The fraction of sp³-hybridized carbons (Fsp3) is 0.0952. The normalized spacial score (nSPS) is 12.2. The van der Waals surface area contributed by atoms with E-state index in [2.05, 4.69) is 31.3 Å². The molecular weight excluding hydrogens is 518 g/mol. The third-order valence-electron chi connectivity index (χ3n) is 4.56. The summed E-state index contributed by atoms with van der Waals surface area (Å²) in [6.07, 6.45) is -9.46. The number of hydrogen-bond donors (Lipinski definition) is 1. The molecule has 12 heteroatoms. The molecule has 0 saturated heterocycles. The van der Waals surface area contributed by atoms with Gasteiger partial charge in [0.15, 0.2) is 17.0 Å². The summed E-state index contributed by atoms with van der Waals surface area (Å²) in [6.45, 7) is 0. The molecule has 0 radical (unpaired) electrons. The first-order valence-electron chi connectivity index (χ1n) is 9.15. The van der Waals surface area contributed by atoms with Gasteiger partial charge in [0.1, 0.15) is 0 Å². The van der Waals surface area contributed by atoms with Crippen LogP contribution < -0.4 is 5.32 Å². The second kappa shape index (κ2) is 8.18. The largest absolute Gasteiger partial charge is 0.433 e. The van der Waals surface area contributed by atoms with Gasteiger partial charge in [-0.15, -0.1) is 0 Å². The summed E-state index contributed by atoms with van der Waals surface area (Å²) in [6, 6.07) is 12.7. The first-order chi connectivity index (χ1) is 15.4. The SMILES string of the molecule is O=C(Nc1cccc(C(F)(F)F)c1)c1nn2c(C(F)(F)F)cc(-c3ccccc3)nc2c1Br. The van der Waals surface area contributed by atoms with Gasteiger partial charge in [0.2, 0.25) is 0 Å². The van der Waals surface area contributed by atoms with Gasteiger partial charge in [-0.2, -0.15) is 31.4 Å². The number of amides is 1. The zero-order valence-electron chi connectivity index (χ0n) is 16.2. The van der Waals surface area contributed by atoms with E-state index in [0.29, 0.717) is 16.1 Å². The molecule has 1 amide bonds. The summed E-state index contributed by atoms with van der Waals surface area (Å²) in [5.74, 6) is -1.01. The first kappa shape index (κ1) is 22.8. The van der Waals surface area contributed by atoms with Crippen LogP contribution in [0.3, 0.4) is 0 Å². The number of rotatable bonds is 3. The minimum absolute atomic E-state index is 0.000798. The van der Waals surface area contributed by atoms with E-state index in [-0.39, 0.29) is 21.5 Å². The molecule has 2 heterocycles. The molecule has 0 spiro atoms. The number of alkyl halides is 6. The van der Waals surface area contributed by atoms with E-state index in [1.54, 1.807) is 30.3 Å². The number of carbonyl (C=O) groups is 1. The van der Waals surface area contributed by atoms with Crippen LogP contribution in [0.15, 0.2) is 65.1 Å². The Labute approximate surface area is 190 Å². The molecule has 0 aliphatic heterocycles. The Morgan fingerprint density at radius 1 is 0.909 bits per heavy atom. The van der Waals surface area contributed by atoms with Crippen LogP contribution in [0.2, 0.25) is 0 Å². The fourth-order valence-corrected chi connectivity index (χ4v) is 3.57. The van der Waals surface area contributed by atoms with E-state index in [9.17, 15) is 31.1 Å². The van der Waals surface area contributed by atoms with Crippen LogP contribution in [-0.2, 0) is 12.4 Å². The standard InChI is InChI=1S/C21H11BrF6N4O/c22-16-17(19(33)29-13-8-4-7-12(9-13)20(23,24)25)31-32-15(21(26,27)28)10-14(30-18(16)32)11-5-2-1-3-6-11/h1-10H,(H,29,33). The minimum atomic E-state index is -4.83. The Bertz CT molecular complexity index is 1350. The zero-order valence-corrected chi connectivity index (χ0v) is 17.8. The number of aromatic nitrogens is 3. The van der Waals surface area contributed by atoms with Crippen LogP contribution in [0.5, 0.6) is 0 Å². The molecule has 0 unspecified atom stereocenters. The van der Waals surface area contributed by atoms with E-state index >= 15 is 0 Å². The van der Waals surface area contributed by atoms with Gasteiger partial charge in [0, 0.05) is 11.3 Å². The quantitative estimate of drug-likeness (QED) is 0.311. The van der Waals surface area contributed by atoms with Crippen molar-refractivity contribution in [1.29, 1.82) is 0 Å². The minimum Gasteiger partial charge on any atom is -0.321 e. The van der Waals surface area contributed by atoms with E-state index in [1.807, 2.05) is 0 Å². The number of hydrogen-bond acceptors (Lipinski definition) is 3. The third-order valence-corrected chi connectivity index (χ3v) is 5.29. The van der Waals surface area contributed by atoms with E-state index in [0.717, 1.165) is 18.2 Å². The van der Waals surface area contributed by atoms with Crippen LogP contribution in [0, 0.1) is 0 Å². The number of halogens is 7. The van der Waals surface area contributed by atoms with Gasteiger partial charge in [0.05, 0.1) is 15.7 Å². The number of carbonyl (C=O) groups excluding carboxylic acids is 1. The van der Waals surface area contributed by atoms with Crippen molar-refractivity contribution >= 4 is 33.2 Å². The van der Waals surface area contributed by atoms with E-state index in [4.69, 9.17) is 0 Å². The van der Waals surface area contributed by atoms with Crippen LogP contribution in [0.4, 0.5) is 32.0 Å². The summed E-state index contributed by atoms with van der Waals surface area (Å²) in [5.41, 5.74) is -2.72. The lowest BCUT2D eigenvalue weighted by molar-refractivity contribution is -0.142. The molecule has 0 fully saturated rings. The highest BCUT2D eigenvalue weighted by Gasteiger charge is 2.37. The smallest absolute Gasteiger partial charge is 0.321 e. The molecule has 1 N–H and O–H groups in total. The number of nitrogens with one attached hydrogen (secondary N) is 1. The van der Waals surface area contributed by atoms with Crippen molar-refractivity contribution in [1.82, 2.24) is 14.6 Å². The highest BCUT2D eigenvalue weighted by atomic mass is 79.9. The maximum Gasteiger partial charge on any atom is 0.433 e. The van der Waals surface area contributed by atoms with E-state index < -0.39 is 35.2 Å². The molecule has 2 aromatic carbocycles. The maximum atomic E-state index is 13.7. The van der Waals surface area contributed by atoms with Crippen molar-refractivity contribution in [2.45, 2.75) is 12.4 Å². The van der Waals surface area contributed by atoms with Gasteiger partial charge in [-0.25, -0.2) is 9.50 Å². The van der Waals surface area contributed by atoms with Crippen molar-refractivity contribution in [3.8, 4) is 11.3 Å². The molecule has 0 bridgehead atoms. The summed E-state index contributed by atoms with van der Waals surface area (Å²) in [7, 11) is 0. The molecule has 0 aliphatic rings. The Hall–Kier alpha value is -3.41. The predicted octanol–water partition coefficient (Wildman–Crippen LogP) is 6.45. The lowest BCUT2D eigenvalue weighted by Crippen LogP contribution is -2.16. The van der Waals surface area contributed by atoms with Crippen LogP contribution in [0.1, 0.15) is 21.7 Å². The second-order valence-electron chi connectivity index (χ2n) is 6.82. The Kier molecular flexibility index (Phi) is 5.64. The topological polar surface area (TPSA) is 59.3 Å². The molecule has 170 valence electrons. The number of fused-ring (bicyclic) bond motifs is 1. The van der Waals surface area contributed by atoms with Crippen LogP contribution in [0.25, 0.3) is 16.9 Å². The molecular formula is C21H11BrF6N4O. The summed E-state index contributed by atoms with van der Waals surface area (Å²) >= 11 is 3.07. The monoisotopic (exact) mass is 528 g/mol. The summed E-state index contributed by atoms with van der Waals surface area (Å²) < 4.78 is 80.3. The predicted molar refractivity (Wildman–Crippen MR) is 111 cm³/mol. The van der Waals surface area contributed by atoms with Gasteiger partial charge >= 0.3 is 12.4 Å². The zero-order chi connectivity index (χ0) is 24.0. The van der Waals surface area contributed by atoms with Gasteiger partial charge in [-0.1, -0.05) is 36.4 Å². The molecule has 2 aromatic heterocycles. The number of anilines is 1. The van der Waals surface area contributed by atoms with Crippen molar-refractivity contribution < 1.29 is 31.1 Å². The highest BCUT2D eigenvalue weighted by molar-refractivity contribution is 9.10. The Balaban J connectivity index is 1.80. The molecule has 4 rings (SSSR count). The average Bonchev–Trinajstić information content (AvgIpc) is 3.09. The lowest BCUT2D eigenvalue weighted by atomic mass is 10.1. The van der Waals surface area contributed by atoms with Crippen molar-refractivity contribution in [2.75, 3.05) is 5.32 Å². The molecule has 0 saturated carbocycles. The van der Waals surface area contributed by atoms with Gasteiger partial charge < -0.3 is 5.32 Å². The molecule has 0 atom stereocenters. The number of benzene rings is 2. The molecule has 4 aromatic rings. The van der Waals surface area contributed by atoms with Crippen LogP contribution in [-0.4, -0.2) is 20.5 Å². The molecule has 5 nitrogen and oxygen atoms in total. The van der Waals surface area contributed by atoms with Crippen molar-refractivity contribution in [3.05, 3.63) is 82.1 Å². The Morgan fingerprint density at radius 2 is 1.61 bits per heavy atom. The summed E-state index contributed by atoms with van der Waals surface area (Å²) in [5, 5.41) is 5.96. The maximum absolute atomic E-state index is 13.7. The molecule has 0 aliphatic carbocycles. The number of nitrogens with zero attached hydrogens (tertiary/aromatic N) is 3. The van der Waals surface area contributed by atoms with Gasteiger partial charge in [0.25, 0.3) is 5.91 Å². The first-order valence-corrected chi connectivity index (χ1v) is 9.95. The summed E-state index contributed by atoms with van der Waals surface area (Å²) in [4.78, 5) is 16.9. The van der Waals surface area contributed by atoms with Gasteiger partial charge in [-0.05, 0) is 40.2 Å². The van der Waals surface area contributed by atoms with Crippen molar-refractivity contribution in [3.63, 3.8) is 0 Å².